The van der Waals surface area contributed by atoms with E-state index in [1.54, 1.807) is 20.8 Å². The lowest BCUT2D eigenvalue weighted by Gasteiger charge is -2.31. The number of ether oxygens (including phenoxy) is 3. The average molecular weight is 540 g/mol. The maximum atomic E-state index is 13.5. The number of carbonyl (C=O) groups excluding carboxylic acids is 3. The van der Waals surface area contributed by atoms with Crippen LogP contribution in [-0.2, 0) is 19.1 Å². The second kappa shape index (κ2) is 12.5. The summed E-state index contributed by atoms with van der Waals surface area (Å²) < 4.78 is 16.4. The molecule has 10 nitrogen and oxygen atoms in total. The highest BCUT2D eigenvalue weighted by Crippen LogP contribution is 2.41. The number of ketones is 1. The van der Waals surface area contributed by atoms with Crippen LogP contribution >= 0.6 is 0 Å². The molecule has 210 valence electrons. The number of benzene rings is 1. The van der Waals surface area contributed by atoms with Crippen molar-refractivity contribution in [2.75, 3.05) is 52.6 Å². The van der Waals surface area contributed by atoms with Crippen LogP contribution in [0, 0.1) is 13.8 Å². The van der Waals surface area contributed by atoms with Crippen LogP contribution in [0.4, 0.5) is 0 Å². The van der Waals surface area contributed by atoms with Crippen LogP contribution in [0.3, 0.4) is 0 Å². The van der Waals surface area contributed by atoms with E-state index >= 15 is 0 Å². The zero-order valence-electron chi connectivity index (χ0n) is 23.0. The third-order valence-electron chi connectivity index (χ3n) is 7.10. The molecule has 1 aromatic heterocycles. The van der Waals surface area contributed by atoms with Crippen molar-refractivity contribution in [1.82, 2.24) is 14.8 Å². The predicted molar refractivity (Wildman–Crippen MR) is 145 cm³/mol. The molecule has 39 heavy (non-hydrogen) atoms. The van der Waals surface area contributed by atoms with E-state index in [9.17, 15) is 19.5 Å². The molecule has 0 saturated carbocycles. The number of H-pyrrole nitrogens is 1. The Morgan fingerprint density at radius 3 is 2.59 bits per heavy atom. The minimum Gasteiger partial charge on any atom is -0.507 e. The zero-order chi connectivity index (χ0) is 28.1. The number of hydrogen-bond acceptors (Lipinski definition) is 8. The molecule has 2 aliphatic heterocycles. The molecular weight excluding hydrogens is 502 g/mol. The van der Waals surface area contributed by atoms with E-state index in [-0.39, 0.29) is 23.6 Å². The number of esters is 1. The van der Waals surface area contributed by atoms with Crippen molar-refractivity contribution in [3.63, 3.8) is 0 Å². The van der Waals surface area contributed by atoms with Crippen molar-refractivity contribution in [3.05, 3.63) is 57.9 Å². The molecule has 2 N–H and O–H groups in total. The summed E-state index contributed by atoms with van der Waals surface area (Å²) in [7, 11) is 0. The SMILES string of the molecule is CCCOc1cccc(C2/C(=C(\O)c3c(C)[nH]c(C(=O)OCC)c3C)C(=O)C(=O)N2CCN2CCOCC2)c1. The van der Waals surface area contributed by atoms with E-state index in [1.807, 2.05) is 31.2 Å². The fraction of sp³-hybridized carbons (Fsp3) is 0.483. The topological polar surface area (TPSA) is 121 Å². The molecule has 3 heterocycles. The second-order valence-corrected chi connectivity index (χ2v) is 9.71. The maximum Gasteiger partial charge on any atom is 0.355 e. The lowest BCUT2D eigenvalue weighted by molar-refractivity contribution is -0.140. The van der Waals surface area contributed by atoms with Crippen LogP contribution < -0.4 is 4.74 Å². The normalized spacial score (nSPS) is 19.5. The number of aromatic nitrogens is 1. The summed E-state index contributed by atoms with van der Waals surface area (Å²) in [6.45, 7) is 11.4. The first-order chi connectivity index (χ1) is 18.8. The Labute approximate surface area is 228 Å². The van der Waals surface area contributed by atoms with Gasteiger partial charge in [-0.05, 0) is 50.5 Å². The number of rotatable bonds is 10. The third kappa shape index (κ3) is 5.86. The molecule has 2 aliphatic rings. The first kappa shape index (κ1) is 28.4. The van der Waals surface area contributed by atoms with E-state index in [0.29, 0.717) is 61.0 Å². The summed E-state index contributed by atoms with van der Waals surface area (Å²) in [5.74, 6) is -1.70. The summed E-state index contributed by atoms with van der Waals surface area (Å²) in [6, 6.07) is 6.45. The van der Waals surface area contributed by atoms with Crippen LogP contribution in [0.25, 0.3) is 5.76 Å². The summed E-state index contributed by atoms with van der Waals surface area (Å²) in [5.41, 5.74) is 2.09. The van der Waals surface area contributed by atoms with E-state index in [4.69, 9.17) is 14.2 Å². The van der Waals surface area contributed by atoms with Gasteiger partial charge in [-0.2, -0.15) is 0 Å². The van der Waals surface area contributed by atoms with Crippen molar-refractivity contribution >= 4 is 23.4 Å². The molecular formula is C29H37N3O7. The highest BCUT2D eigenvalue weighted by Gasteiger charge is 2.46. The van der Waals surface area contributed by atoms with Crippen molar-refractivity contribution < 1.29 is 33.7 Å². The van der Waals surface area contributed by atoms with Gasteiger partial charge in [0.1, 0.15) is 17.2 Å². The van der Waals surface area contributed by atoms with Gasteiger partial charge in [0.05, 0.1) is 38.0 Å². The van der Waals surface area contributed by atoms with Crippen LogP contribution in [-0.4, -0.2) is 90.2 Å². The van der Waals surface area contributed by atoms with Crippen LogP contribution in [0.15, 0.2) is 29.8 Å². The van der Waals surface area contributed by atoms with Crippen LogP contribution in [0.5, 0.6) is 5.75 Å². The Morgan fingerprint density at radius 1 is 1.15 bits per heavy atom. The van der Waals surface area contributed by atoms with Gasteiger partial charge in [-0.3, -0.25) is 14.5 Å². The molecule has 0 bridgehead atoms. The van der Waals surface area contributed by atoms with E-state index in [2.05, 4.69) is 9.88 Å². The quantitative estimate of drug-likeness (QED) is 0.204. The number of aromatic amines is 1. The predicted octanol–water partition coefficient (Wildman–Crippen LogP) is 3.35. The fourth-order valence-corrected chi connectivity index (χ4v) is 5.17. The van der Waals surface area contributed by atoms with E-state index < -0.39 is 23.7 Å². The van der Waals surface area contributed by atoms with Crippen LogP contribution in [0.2, 0.25) is 0 Å². The molecule has 2 aromatic rings. The number of likely N-dealkylation sites (tertiary alicyclic amines) is 1. The molecule has 0 aliphatic carbocycles. The number of nitrogens with zero attached hydrogens (tertiary/aromatic N) is 2. The first-order valence-corrected chi connectivity index (χ1v) is 13.5. The summed E-state index contributed by atoms with van der Waals surface area (Å²) in [4.78, 5) is 46.1. The Bertz CT molecular complexity index is 1260. The van der Waals surface area contributed by atoms with Crippen molar-refractivity contribution in [1.29, 1.82) is 0 Å². The van der Waals surface area contributed by atoms with Gasteiger partial charge >= 0.3 is 5.97 Å². The zero-order valence-corrected chi connectivity index (χ0v) is 23.0. The van der Waals surface area contributed by atoms with Gasteiger partial charge < -0.3 is 29.2 Å². The number of Topliss-reactive ketones (excluding diaryl/α,β-unsaturated/α-hetero) is 1. The molecule has 4 rings (SSSR count). The smallest absolute Gasteiger partial charge is 0.355 e. The van der Waals surface area contributed by atoms with Gasteiger partial charge in [0.2, 0.25) is 0 Å². The van der Waals surface area contributed by atoms with Crippen molar-refractivity contribution in [2.45, 2.75) is 40.2 Å². The number of aliphatic hydroxyl groups is 1. The average Bonchev–Trinajstić information content (AvgIpc) is 3.38. The number of hydrogen-bond donors (Lipinski definition) is 2. The van der Waals surface area contributed by atoms with Gasteiger partial charge in [-0.15, -0.1) is 0 Å². The number of nitrogens with one attached hydrogen (secondary N) is 1. The van der Waals surface area contributed by atoms with Gasteiger partial charge in [-0.1, -0.05) is 19.1 Å². The number of amides is 1. The minimum absolute atomic E-state index is 0.0183. The largest absolute Gasteiger partial charge is 0.507 e. The standard InChI is InChI=1S/C29H37N3O7/c1-5-14-39-21-9-7-8-20(17-21)25-23(26(33)22-18(3)24(30-19(22)4)29(36)38-6-2)27(34)28(35)32(25)11-10-31-12-15-37-16-13-31/h7-9,17,25,30,33H,5-6,10-16H2,1-4H3/b26-23+. The van der Waals surface area contributed by atoms with Crippen LogP contribution in [0.1, 0.15) is 59.2 Å². The van der Waals surface area contributed by atoms with Gasteiger partial charge in [0, 0.05) is 37.4 Å². The van der Waals surface area contributed by atoms with Gasteiger partial charge in [0.15, 0.2) is 0 Å². The lowest BCUT2D eigenvalue weighted by atomic mass is 9.94. The fourth-order valence-electron chi connectivity index (χ4n) is 5.17. The molecule has 2 saturated heterocycles. The number of morpholine rings is 1. The molecule has 0 radical (unpaired) electrons. The molecule has 1 aromatic carbocycles. The van der Waals surface area contributed by atoms with E-state index in [0.717, 1.165) is 19.5 Å². The Balaban J connectivity index is 1.80. The maximum absolute atomic E-state index is 13.5. The molecule has 1 unspecified atom stereocenters. The van der Waals surface area contributed by atoms with Crippen molar-refractivity contribution in [3.8, 4) is 5.75 Å². The molecule has 2 fully saturated rings. The third-order valence-corrected chi connectivity index (χ3v) is 7.10. The monoisotopic (exact) mass is 539 g/mol. The summed E-state index contributed by atoms with van der Waals surface area (Å²) >= 11 is 0. The highest BCUT2D eigenvalue weighted by molar-refractivity contribution is 6.46. The minimum atomic E-state index is -0.823. The first-order valence-electron chi connectivity index (χ1n) is 13.5. The number of aliphatic hydroxyl groups excluding tert-OH is 1. The second-order valence-electron chi connectivity index (χ2n) is 9.71. The molecule has 10 heteroatoms. The Morgan fingerprint density at radius 2 is 1.90 bits per heavy atom. The summed E-state index contributed by atoms with van der Waals surface area (Å²) in [6.07, 6.45) is 0.830. The number of aryl methyl sites for hydroxylation is 1. The number of carbonyl (C=O) groups is 3. The highest BCUT2D eigenvalue weighted by atomic mass is 16.5. The van der Waals surface area contributed by atoms with Gasteiger partial charge in [-0.25, -0.2) is 4.79 Å². The van der Waals surface area contributed by atoms with E-state index in [1.165, 1.54) is 4.90 Å². The molecule has 1 amide bonds. The molecule has 0 spiro atoms. The lowest BCUT2D eigenvalue weighted by Crippen LogP contribution is -2.42. The van der Waals surface area contributed by atoms with Gasteiger partial charge in [0.25, 0.3) is 11.7 Å². The Kier molecular flexibility index (Phi) is 9.08. The van der Waals surface area contributed by atoms with Crippen molar-refractivity contribution in [2.24, 2.45) is 0 Å². The molecule has 1 atom stereocenters. The summed E-state index contributed by atoms with van der Waals surface area (Å²) in [5, 5.41) is 11.6. The Hall–Kier alpha value is -3.63.